The minimum Gasteiger partial charge on any atom is -0.508 e. The number of aromatic hydroxyl groups is 1. The van der Waals surface area contributed by atoms with Crippen molar-refractivity contribution >= 4 is 17.3 Å². The lowest BCUT2D eigenvalue weighted by Crippen LogP contribution is -3.19. The molecule has 0 saturated carbocycles. The molecule has 27 heavy (non-hydrogen) atoms. The predicted octanol–water partition coefficient (Wildman–Crippen LogP) is 2.25. The Morgan fingerprint density at radius 2 is 1.59 bits per heavy atom. The number of nitrogens with one attached hydrogen (secondary N) is 2. The van der Waals surface area contributed by atoms with Crippen LogP contribution in [-0.2, 0) is 4.79 Å². The molecule has 0 unspecified atom stereocenters. The van der Waals surface area contributed by atoms with Crippen LogP contribution in [0.25, 0.3) is 0 Å². The highest BCUT2D eigenvalue weighted by atomic mass is 16.3. The molecule has 0 aliphatic carbocycles. The van der Waals surface area contributed by atoms with Crippen LogP contribution in [0.3, 0.4) is 0 Å². The maximum atomic E-state index is 12.6. The van der Waals surface area contributed by atoms with Crippen LogP contribution in [0.1, 0.15) is 32.3 Å². The van der Waals surface area contributed by atoms with Crippen molar-refractivity contribution in [3.63, 3.8) is 0 Å². The molecular weight excluding hydrogens is 338 g/mol. The molecule has 5 nitrogen and oxygen atoms in total. The van der Waals surface area contributed by atoms with Crippen LogP contribution in [0.15, 0.2) is 48.5 Å². The van der Waals surface area contributed by atoms with E-state index in [4.69, 9.17) is 0 Å². The Morgan fingerprint density at radius 3 is 2.15 bits per heavy atom. The van der Waals surface area contributed by atoms with Gasteiger partial charge in [0, 0.05) is 11.4 Å². The molecule has 1 heterocycles. The quantitative estimate of drug-likeness (QED) is 0.759. The van der Waals surface area contributed by atoms with Gasteiger partial charge in [0.05, 0.1) is 26.2 Å². The van der Waals surface area contributed by atoms with E-state index in [1.165, 1.54) is 10.5 Å². The minimum absolute atomic E-state index is 0.0698. The van der Waals surface area contributed by atoms with Crippen molar-refractivity contribution in [3.8, 4) is 5.75 Å². The Bertz CT molecular complexity index is 748. The first-order chi connectivity index (χ1) is 12.9. The van der Waals surface area contributed by atoms with Crippen molar-refractivity contribution in [1.82, 2.24) is 0 Å². The van der Waals surface area contributed by atoms with Gasteiger partial charge < -0.3 is 20.2 Å². The Hall–Kier alpha value is -2.53. The number of benzene rings is 2. The van der Waals surface area contributed by atoms with Gasteiger partial charge in [-0.1, -0.05) is 26.0 Å². The fourth-order valence-electron chi connectivity index (χ4n) is 3.54. The summed E-state index contributed by atoms with van der Waals surface area (Å²) in [6.45, 7) is 9.97. The van der Waals surface area contributed by atoms with Gasteiger partial charge in [-0.15, -0.1) is 0 Å². The van der Waals surface area contributed by atoms with Crippen LogP contribution >= 0.6 is 0 Å². The third-order valence-corrected chi connectivity index (χ3v) is 5.47. The van der Waals surface area contributed by atoms with Crippen molar-refractivity contribution in [2.45, 2.75) is 32.7 Å². The standard InChI is InChI=1S/C22H29N3O2/c1-16(2)18-4-6-19(7-5-18)23-22(27)17(3)24-12-14-25(15-13-24)20-8-10-21(26)11-9-20/h4-11,16-17,26H,12-15H2,1-3H3,(H,23,27)/p+1/t17-/m1/s1. The number of anilines is 2. The summed E-state index contributed by atoms with van der Waals surface area (Å²) in [5.74, 6) is 0.845. The summed E-state index contributed by atoms with van der Waals surface area (Å²) in [5, 5.41) is 12.5. The molecule has 144 valence electrons. The normalized spacial score (nSPS) is 16.4. The number of rotatable bonds is 5. The van der Waals surface area contributed by atoms with Crippen LogP contribution in [0, 0.1) is 0 Å². The molecule has 0 aromatic heterocycles. The first-order valence-corrected chi connectivity index (χ1v) is 9.73. The van der Waals surface area contributed by atoms with Gasteiger partial charge in [0.25, 0.3) is 5.91 Å². The molecular formula is C22H30N3O2+. The number of nitrogens with zero attached hydrogens (tertiary/aromatic N) is 1. The molecule has 2 aromatic rings. The molecule has 1 atom stereocenters. The van der Waals surface area contributed by atoms with Gasteiger partial charge in [0.1, 0.15) is 5.75 Å². The van der Waals surface area contributed by atoms with Gasteiger partial charge in [0.15, 0.2) is 6.04 Å². The van der Waals surface area contributed by atoms with Crippen molar-refractivity contribution < 1.29 is 14.8 Å². The summed E-state index contributed by atoms with van der Waals surface area (Å²) >= 11 is 0. The van der Waals surface area contributed by atoms with Gasteiger partial charge in [-0.2, -0.15) is 0 Å². The molecule has 1 fully saturated rings. The first kappa shape index (κ1) is 19.2. The zero-order valence-corrected chi connectivity index (χ0v) is 16.4. The zero-order chi connectivity index (χ0) is 19.4. The topological polar surface area (TPSA) is 57.0 Å². The van der Waals surface area contributed by atoms with E-state index in [2.05, 4.69) is 36.2 Å². The van der Waals surface area contributed by atoms with Gasteiger partial charge in [-0.05, 0) is 54.8 Å². The van der Waals surface area contributed by atoms with Crippen LogP contribution in [-0.4, -0.2) is 43.2 Å². The molecule has 1 amide bonds. The Morgan fingerprint density at radius 1 is 1.00 bits per heavy atom. The monoisotopic (exact) mass is 368 g/mol. The van der Waals surface area contributed by atoms with Crippen LogP contribution in [0.2, 0.25) is 0 Å². The third-order valence-electron chi connectivity index (χ3n) is 5.47. The van der Waals surface area contributed by atoms with Gasteiger partial charge in [-0.3, -0.25) is 4.79 Å². The highest BCUT2D eigenvalue weighted by molar-refractivity contribution is 5.93. The molecule has 0 bridgehead atoms. The van der Waals surface area contributed by atoms with Crippen molar-refractivity contribution in [1.29, 1.82) is 0 Å². The Labute approximate surface area is 161 Å². The molecule has 1 aliphatic heterocycles. The average Bonchev–Trinajstić information content (AvgIpc) is 2.68. The zero-order valence-electron chi connectivity index (χ0n) is 16.4. The Balaban J connectivity index is 1.53. The number of piperazine rings is 1. The van der Waals surface area contributed by atoms with E-state index in [-0.39, 0.29) is 17.7 Å². The second-order valence-corrected chi connectivity index (χ2v) is 7.65. The van der Waals surface area contributed by atoms with Crippen LogP contribution < -0.4 is 15.1 Å². The second kappa shape index (κ2) is 8.44. The molecule has 0 spiro atoms. The lowest BCUT2D eigenvalue weighted by molar-refractivity contribution is -0.914. The summed E-state index contributed by atoms with van der Waals surface area (Å²) in [6.07, 6.45) is 0. The van der Waals surface area contributed by atoms with Crippen molar-refractivity contribution in [3.05, 3.63) is 54.1 Å². The molecule has 3 N–H and O–H groups in total. The predicted molar refractivity (Wildman–Crippen MR) is 110 cm³/mol. The van der Waals surface area contributed by atoms with Crippen molar-refractivity contribution in [2.75, 3.05) is 36.4 Å². The van der Waals surface area contributed by atoms with E-state index < -0.39 is 0 Å². The average molecular weight is 369 g/mol. The number of hydrogen-bond acceptors (Lipinski definition) is 3. The lowest BCUT2D eigenvalue weighted by atomic mass is 10.0. The largest absolute Gasteiger partial charge is 0.508 e. The van der Waals surface area contributed by atoms with E-state index in [0.717, 1.165) is 37.6 Å². The first-order valence-electron chi connectivity index (χ1n) is 9.73. The summed E-state index contributed by atoms with van der Waals surface area (Å²) in [7, 11) is 0. The van der Waals surface area contributed by atoms with E-state index in [1.807, 2.05) is 31.2 Å². The second-order valence-electron chi connectivity index (χ2n) is 7.65. The van der Waals surface area contributed by atoms with Gasteiger partial charge >= 0.3 is 0 Å². The fraction of sp³-hybridized carbons (Fsp3) is 0.409. The van der Waals surface area contributed by atoms with Gasteiger partial charge in [0.2, 0.25) is 0 Å². The summed E-state index contributed by atoms with van der Waals surface area (Å²) in [5.41, 5.74) is 3.25. The molecule has 1 aliphatic rings. The SMILES string of the molecule is CC(C)c1ccc(NC(=O)[C@@H](C)[NH+]2CCN(c3ccc(O)cc3)CC2)cc1. The van der Waals surface area contributed by atoms with E-state index in [9.17, 15) is 9.90 Å². The lowest BCUT2D eigenvalue weighted by Gasteiger charge is -2.36. The molecule has 2 aromatic carbocycles. The number of phenolic OH excluding ortho intramolecular Hbond substituents is 1. The maximum absolute atomic E-state index is 12.6. The molecule has 0 radical (unpaired) electrons. The number of carbonyl (C=O) groups is 1. The smallest absolute Gasteiger partial charge is 0.282 e. The number of hydrogen-bond donors (Lipinski definition) is 3. The van der Waals surface area contributed by atoms with Crippen LogP contribution in [0.5, 0.6) is 5.75 Å². The molecule has 1 saturated heterocycles. The van der Waals surface area contributed by atoms with Crippen molar-refractivity contribution in [2.24, 2.45) is 0 Å². The van der Waals surface area contributed by atoms with E-state index in [1.54, 1.807) is 12.1 Å². The fourth-order valence-corrected chi connectivity index (χ4v) is 3.54. The maximum Gasteiger partial charge on any atom is 0.282 e. The van der Waals surface area contributed by atoms with Crippen LogP contribution in [0.4, 0.5) is 11.4 Å². The highest BCUT2D eigenvalue weighted by Gasteiger charge is 2.29. The minimum atomic E-state index is -0.0863. The number of carbonyl (C=O) groups excluding carboxylic acids is 1. The Kier molecular flexibility index (Phi) is 6.01. The number of phenols is 1. The summed E-state index contributed by atoms with van der Waals surface area (Å²) in [4.78, 5) is 16.3. The van der Waals surface area contributed by atoms with E-state index >= 15 is 0 Å². The van der Waals surface area contributed by atoms with Gasteiger partial charge in [-0.25, -0.2) is 0 Å². The third kappa shape index (κ3) is 4.80. The number of quaternary nitrogens is 1. The summed E-state index contributed by atoms with van der Waals surface area (Å²) in [6, 6.07) is 15.4. The van der Waals surface area contributed by atoms with E-state index in [0.29, 0.717) is 5.92 Å². The summed E-state index contributed by atoms with van der Waals surface area (Å²) < 4.78 is 0. The molecule has 5 heteroatoms. The number of amides is 1. The highest BCUT2D eigenvalue weighted by Crippen LogP contribution is 2.19. The molecule has 3 rings (SSSR count).